The van der Waals surface area contributed by atoms with E-state index < -0.39 is 33.6 Å². The Morgan fingerprint density at radius 2 is 1.21 bits per heavy atom. The van der Waals surface area contributed by atoms with Crippen LogP contribution in [0.3, 0.4) is 0 Å². The zero-order chi connectivity index (χ0) is 27.1. The summed E-state index contributed by atoms with van der Waals surface area (Å²) in [5.41, 5.74) is 0. The van der Waals surface area contributed by atoms with Crippen molar-refractivity contribution in [2.24, 2.45) is 0 Å². The second kappa shape index (κ2) is 16.4. The van der Waals surface area contributed by atoms with Gasteiger partial charge in [-0.3, -0.25) is 4.55 Å². The molecule has 0 radical (unpaired) electrons. The molecule has 0 saturated heterocycles. The van der Waals surface area contributed by atoms with Crippen LogP contribution >= 0.6 is 0 Å². The standard InChI is InChI=1S/C16H36N.C6H5F5O5S/c1-5-9-13-17(14-10-6-2,15-11-7-3)16-12-8-4;1-2-3(12)16-4(5(7,8)9)6(10,11)17(13,14)15/h5-16H2,1-4H3;2,4H,1H2,(H,13,14,15)/q+1;. The molecule has 0 aliphatic carbocycles. The van der Waals surface area contributed by atoms with Gasteiger partial charge in [0.25, 0.3) is 6.10 Å². The Balaban J connectivity index is 0. The second-order valence-electron chi connectivity index (χ2n) is 8.25. The molecular formula is C22H41F5NO5S+. The Labute approximate surface area is 200 Å². The fourth-order valence-electron chi connectivity index (χ4n) is 3.27. The van der Waals surface area contributed by atoms with Gasteiger partial charge in [-0.25, -0.2) is 4.79 Å². The molecule has 34 heavy (non-hydrogen) atoms. The van der Waals surface area contributed by atoms with Crippen molar-refractivity contribution in [3.63, 3.8) is 0 Å². The summed E-state index contributed by atoms with van der Waals surface area (Å²) in [5.74, 6) is -1.92. The van der Waals surface area contributed by atoms with Gasteiger partial charge in [-0.05, 0) is 25.7 Å². The molecule has 0 spiro atoms. The van der Waals surface area contributed by atoms with Gasteiger partial charge in [-0.1, -0.05) is 60.0 Å². The highest BCUT2D eigenvalue weighted by molar-refractivity contribution is 7.86. The average molecular weight is 527 g/mol. The van der Waals surface area contributed by atoms with Crippen molar-refractivity contribution in [3.8, 4) is 0 Å². The van der Waals surface area contributed by atoms with Crippen molar-refractivity contribution >= 4 is 16.1 Å². The van der Waals surface area contributed by atoms with Gasteiger partial charge in [-0.15, -0.1) is 0 Å². The van der Waals surface area contributed by atoms with Gasteiger partial charge in [0, 0.05) is 6.08 Å². The van der Waals surface area contributed by atoms with E-state index in [0.29, 0.717) is 0 Å². The van der Waals surface area contributed by atoms with Crippen molar-refractivity contribution in [1.29, 1.82) is 0 Å². The number of unbranched alkanes of at least 4 members (excludes halogenated alkanes) is 4. The zero-order valence-electron chi connectivity index (χ0n) is 20.7. The highest BCUT2D eigenvalue weighted by atomic mass is 32.2. The molecule has 0 fully saturated rings. The zero-order valence-corrected chi connectivity index (χ0v) is 21.5. The van der Waals surface area contributed by atoms with Crippen molar-refractivity contribution in [3.05, 3.63) is 12.7 Å². The molecule has 0 aromatic carbocycles. The Kier molecular flexibility index (Phi) is 16.8. The summed E-state index contributed by atoms with van der Waals surface area (Å²) >= 11 is 0. The number of carbonyl (C=O) groups excluding carboxylic acids is 1. The van der Waals surface area contributed by atoms with E-state index in [0.717, 1.165) is 0 Å². The maximum absolute atomic E-state index is 12.7. The summed E-state index contributed by atoms with van der Waals surface area (Å²) in [7, 11) is -6.40. The van der Waals surface area contributed by atoms with Crippen LogP contribution in [-0.2, 0) is 19.6 Å². The molecule has 0 aliphatic rings. The molecule has 204 valence electrons. The number of hydrogen-bond acceptors (Lipinski definition) is 4. The topological polar surface area (TPSA) is 80.7 Å². The van der Waals surface area contributed by atoms with Gasteiger partial charge in [0.1, 0.15) is 0 Å². The number of nitrogens with zero attached hydrogens (tertiary/aromatic N) is 1. The van der Waals surface area contributed by atoms with Crippen LogP contribution in [-0.4, -0.2) is 67.1 Å². The number of carbonyl (C=O) groups is 1. The number of rotatable bonds is 16. The molecule has 0 amide bonds. The monoisotopic (exact) mass is 526 g/mol. The van der Waals surface area contributed by atoms with Crippen molar-refractivity contribution in [2.75, 3.05) is 26.2 Å². The summed E-state index contributed by atoms with van der Waals surface area (Å²) in [4.78, 5) is 10.4. The molecule has 1 unspecified atom stereocenters. The van der Waals surface area contributed by atoms with Crippen LogP contribution in [0.15, 0.2) is 12.7 Å². The van der Waals surface area contributed by atoms with Crippen LogP contribution in [0.4, 0.5) is 22.0 Å². The SMILES string of the molecule is C=CC(=O)OC(C(F)(F)F)C(F)(F)S(=O)(=O)O.CCCC[N+](CCCC)(CCCC)CCCC. The van der Waals surface area contributed by atoms with Gasteiger partial charge in [0.15, 0.2) is 0 Å². The van der Waals surface area contributed by atoms with Crippen LogP contribution in [0, 0.1) is 0 Å². The molecule has 0 rings (SSSR count). The summed E-state index contributed by atoms with van der Waals surface area (Å²) in [6, 6.07) is 0. The van der Waals surface area contributed by atoms with Crippen LogP contribution in [0.2, 0.25) is 0 Å². The summed E-state index contributed by atoms with van der Waals surface area (Å²) < 4.78 is 94.4. The number of hydrogen-bond donors (Lipinski definition) is 1. The van der Waals surface area contributed by atoms with E-state index in [1.54, 1.807) is 0 Å². The van der Waals surface area contributed by atoms with Crippen molar-refractivity contribution < 1.29 is 48.9 Å². The molecular weight excluding hydrogens is 485 g/mol. The maximum atomic E-state index is 12.7. The van der Waals surface area contributed by atoms with E-state index >= 15 is 0 Å². The Morgan fingerprint density at radius 1 is 0.882 bits per heavy atom. The summed E-state index contributed by atoms with van der Waals surface area (Å²) in [5, 5.41) is -5.72. The van der Waals surface area contributed by atoms with Crippen molar-refractivity contribution in [2.45, 2.75) is 96.6 Å². The lowest BCUT2D eigenvalue weighted by atomic mass is 10.1. The van der Waals surface area contributed by atoms with Crippen LogP contribution in [0.1, 0.15) is 79.1 Å². The smallest absolute Gasteiger partial charge is 0.432 e. The first-order chi connectivity index (χ1) is 15.6. The molecule has 1 atom stereocenters. The lowest BCUT2D eigenvalue weighted by Crippen LogP contribution is -2.52. The fourth-order valence-corrected chi connectivity index (χ4v) is 3.72. The minimum Gasteiger partial charge on any atom is -0.442 e. The van der Waals surface area contributed by atoms with Crippen molar-refractivity contribution in [1.82, 2.24) is 0 Å². The van der Waals surface area contributed by atoms with Crippen LogP contribution in [0.25, 0.3) is 0 Å². The number of esters is 1. The molecule has 0 saturated carbocycles. The second-order valence-corrected chi connectivity index (χ2v) is 9.74. The maximum Gasteiger partial charge on any atom is 0.432 e. The molecule has 1 N–H and O–H groups in total. The molecule has 0 heterocycles. The third-order valence-corrected chi connectivity index (χ3v) is 6.19. The Morgan fingerprint density at radius 3 is 1.41 bits per heavy atom. The third kappa shape index (κ3) is 13.0. The quantitative estimate of drug-likeness (QED) is 0.0860. The average Bonchev–Trinajstić information content (AvgIpc) is 2.75. The fraction of sp³-hybridized carbons (Fsp3) is 0.864. The van der Waals surface area contributed by atoms with E-state index in [1.165, 1.54) is 82.0 Å². The highest BCUT2D eigenvalue weighted by Crippen LogP contribution is 2.38. The molecule has 0 aromatic heterocycles. The van der Waals surface area contributed by atoms with E-state index in [-0.39, 0.29) is 6.08 Å². The van der Waals surface area contributed by atoms with E-state index in [2.05, 4.69) is 39.0 Å². The number of ether oxygens (including phenoxy) is 1. The number of alkyl halides is 5. The largest absolute Gasteiger partial charge is 0.442 e. The summed E-state index contributed by atoms with van der Waals surface area (Å²) in [6.45, 7) is 17.7. The van der Waals surface area contributed by atoms with Crippen LogP contribution < -0.4 is 0 Å². The van der Waals surface area contributed by atoms with Gasteiger partial charge >= 0.3 is 27.5 Å². The minimum atomic E-state index is -6.40. The molecule has 0 bridgehead atoms. The predicted octanol–water partition coefficient (Wildman–Crippen LogP) is 6.13. The highest BCUT2D eigenvalue weighted by Gasteiger charge is 2.65. The van der Waals surface area contributed by atoms with Gasteiger partial charge in [0.2, 0.25) is 0 Å². The van der Waals surface area contributed by atoms with E-state index in [9.17, 15) is 35.2 Å². The Bertz CT molecular complexity index is 646. The summed E-state index contributed by atoms with van der Waals surface area (Å²) in [6.07, 6.45) is 0.971. The van der Waals surface area contributed by atoms with Gasteiger partial charge < -0.3 is 9.22 Å². The lowest BCUT2D eigenvalue weighted by molar-refractivity contribution is -0.929. The first-order valence-corrected chi connectivity index (χ1v) is 13.1. The number of halogens is 5. The molecule has 0 aliphatic heterocycles. The Hall–Kier alpha value is -1.27. The van der Waals surface area contributed by atoms with Gasteiger partial charge in [0.05, 0.1) is 26.2 Å². The van der Waals surface area contributed by atoms with E-state index in [1.807, 2.05) is 0 Å². The van der Waals surface area contributed by atoms with Gasteiger partial charge in [-0.2, -0.15) is 30.4 Å². The molecule has 0 aromatic rings. The molecule has 6 nitrogen and oxygen atoms in total. The third-order valence-electron chi connectivity index (χ3n) is 5.29. The first kappa shape index (κ1) is 34.9. The predicted molar refractivity (Wildman–Crippen MR) is 122 cm³/mol. The normalized spacial score (nSPS) is 13.6. The lowest BCUT2D eigenvalue weighted by Gasteiger charge is -2.39. The minimum absolute atomic E-state index is 0.124. The number of quaternary nitrogens is 1. The first-order valence-electron chi connectivity index (χ1n) is 11.7. The van der Waals surface area contributed by atoms with E-state index in [4.69, 9.17) is 4.55 Å². The van der Waals surface area contributed by atoms with Crippen LogP contribution in [0.5, 0.6) is 0 Å². The molecule has 12 heteroatoms.